The van der Waals surface area contributed by atoms with Gasteiger partial charge in [-0.25, -0.2) is 8.42 Å². The number of hydrogen-bond acceptors (Lipinski definition) is 6. The zero-order valence-electron chi connectivity index (χ0n) is 25.2. The number of amides is 2. The van der Waals surface area contributed by atoms with Crippen molar-refractivity contribution in [3.8, 4) is 11.5 Å². The van der Waals surface area contributed by atoms with Gasteiger partial charge in [0.2, 0.25) is 21.8 Å². The molecule has 4 rings (SSSR count). The van der Waals surface area contributed by atoms with Crippen LogP contribution in [0.5, 0.6) is 11.5 Å². The molecule has 9 nitrogen and oxygen atoms in total. The average molecular weight is 642 g/mol. The van der Waals surface area contributed by atoms with Crippen molar-refractivity contribution < 1.29 is 27.5 Å². The molecule has 0 saturated heterocycles. The number of rotatable bonds is 15. The molecule has 0 aliphatic carbocycles. The fourth-order valence-electron chi connectivity index (χ4n) is 5.08. The summed E-state index contributed by atoms with van der Waals surface area (Å²) in [4.78, 5) is 29.2. The van der Waals surface area contributed by atoms with Crippen LogP contribution in [0.4, 0.5) is 5.69 Å². The highest BCUT2D eigenvalue weighted by atomic mass is 35.5. The summed E-state index contributed by atoms with van der Waals surface area (Å²) in [5.41, 5.74) is 2.14. The van der Waals surface area contributed by atoms with Gasteiger partial charge < -0.3 is 19.7 Å². The molecule has 0 fully saturated rings. The van der Waals surface area contributed by atoms with Crippen LogP contribution in [0.3, 0.4) is 0 Å². The van der Waals surface area contributed by atoms with E-state index < -0.39 is 16.1 Å². The highest BCUT2D eigenvalue weighted by Crippen LogP contribution is 2.35. The van der Waals surface area contributed by atoms with E-state index in [-0.39, 0.29) is 37.7 Å². The molecule has 0 bridgehead atoms. The number of carbonyl (C=O) groups is 2. The molecule has 1 atom stereocenters. The lowest BCUT2D eigenvalue weighted by molar-refractivity contribution is -0.141. The largest absolute Gasteiger partial charge is 0.486 e. The quantitative estimate of drug-likeness (QED) is 0.228. The molecule has 0 saturated carbocycles. The summed E-state index contributed by atoms with van der Waals surface area (Å²) in [7, 11) is -3.67. The van der Waals surface area contributed by atoms with E-state index in [1.165, 1.54) is 4.31 Å². The first kappa shape index (κ1) is 33.1. The Hall–Kier alpha value is -3.76. The molecule has 44 heavy (non-hydrogen) atoms. The smallest absolute Gasteiger partial charge is 0.243 e. The summed E-state index contributed by atoms with van der Waals surface area (Å²) in [6.07, 6.45) is 3.49. The highest BCUT2D eigenvalue weighted by Gasteiger charge is 2.30. The molecular formula is C33H40ClN3O6S. The maximum absolute atomic E-state index is 14.0. The summed E-state index contributed by atoms with van der Waals surface area (Å²) in [5.74, 6) is 0.546. The van der Waals surface area contributed by atoms with Gasteiger partial charge in [0.15, 0.2) is 11.5 Å². The van der Waals surface area contributed by atoms with Gasteiger partial charge in [0.05, 0.1) is 11.9 Å². The van der Waals surface area contributed by atoms with Crippen molar-refractivity contribution in [2.45, 2.75) is 51.6 Å². The minimum atomic E-state index is -3.67. The van der Waals surface area contributed by atoms with Gasteiger partial charge in [-0.3, -0.25) is 13.9 Å². The van der Waals surface area contributed by atoms with E-state index >= 15 is 0 Å². The number of anilines is 1. The molecule has 1 aliphatic rings. The summed E-state index contributed by atoms with van der Waals surface area (Å²) in [6, 6.07) is 21.0. The Balaban J connectivity index is 1.56. The SMILES string of the molecule is CCCCNC(=O)[C@H](Cc1ccccc1)N(Cc1cccc(Cl)c1)C(=O)CCCN(c1ccc2c(c1)OCCO2)S(C)(=O)=O. The normalized spacial score (nSPS) is 13.2. The molecule has 0 unspecified atom stereocenters. The molecule has 0 spiro atoms. The van der Waals surface area contributed by atoms with Gasteiger partial charge in [-0.15, -0.1) is 0 Å². The maximum atomic E-state index is 14.0. The van der Waals surface area contributed by atoms with E-state index in [0.717, 1.165) is 30.2 Å². The fraction of sp³-hybridized carbons (Fsp3) is 0.394. The summed E-state index contributed by atoms with van der Waals surface area (Å²) < 4.78 is 38.1. The van der Waals surface area contributed by atoms with Crippen molar-refractivity contribution in [2.24, 2.45) is 0 Å². The molecule has 236 valence electrons. The number of unbranched alkanes of at least 4 members (excludes halogenated alkanes) is 1. The number of halogens is 1. The number of ether oxygens (including phenoxy) is 2. The third-order valence-electron chi connectivity index (χ3n) is 7.31. The van der Waals surface area contributed by atoms with Crippen LogP contribution in [0.1, 0.15) is 43.7 Å². The number of sulfonamides is 1. The zero-order valence-corrected chi connectivity index (χ0v) is 26.8. The Bertz CT molecular complexity index is 1520. The van der Waals surface area contributed by atoms with Gasteiger partial charge in [0.25, 0.3) is 0 Å². The van der Waals surface area contributed by atoms with Crippen LogP contribution in [0.15, 0.2) is 72.8 Å². The average Bonchev–Trinajstić information content (AvgIpc) is 3.00. The van der Waals surface area contributed by atoms with Crippen LogP contribution < -0.4 is 19.1 Å². The third-order valence-corrected chi connectivity index (χ3v) is 8.74. The van der Waals surface area contributed by atoms with Crippen LogP contribution in [0.25, 0.3) is 0 Å². The lowest BCUT2D eigenvalue weighted by atomic mass is 10.0. The Morgan fingerprint density at radius 2 is 1.66 bits per heavy atom. The molecule has 1 aliphatic heterocycles. The topological polar surface area (TPSA) is 105 Å². The Kier molecular flexibility index (Phi) is 11.9. The molecule has 0 radical (unpaired) electrons. The van der Waals surface area contributed by atoms with Crippen molar-refractivity contribution >= 4 is 39.1 Å². The fourth-order valence-corrected chi connectivity index (χ4v) is 6.25. The number of carbonyl (C=O) groups excluding carboxylic acids is 2. The van der Waals surface area contributed by atoms with Crippen LogP contribution >= 0.6 is 11.6 Å². The van der Waals surface area contributed by atoms with Gasteiger partial charge in [-0.05, 0) is 48.2 Å². The van der Waals surface area contributed by atoms with E-state index in [1.54, 1.807) is 35.2 Å². The third kappa shape index (κ3) is 9.37. The lowest BCUT2D eigenvalue weighted by Crippen LogP contribution is -2.50. The number of fused-ring (bicyclic) bond motifs is 1. The van der Waals surface area contributed by atoms with Crippen LogP contribution in [-0.4, -0.2) is 63.7 Å². The van der Waals surface area contributed by atoms with Crippen LogP contribution in [0, 0.1) is 0 Å². The molecule has 2 amide bonds. The number of nitrogens with one attached hydrogen (secondary N) is 1. The van der Waals surface area contributed by atoms with Crippen LogP contribution in [0.2, 0.25) is 5.02 Å². The van der Waals surface area contributed by atoms with E-state index in [1.807, 2.05) is 49.4 Å². The second kappa shape index (κ2) is 15.8. The zero-order chi connectivity index (χ0) is 31.5. The van der Waals surface area contributed by atoms with Gasteiger partial charge >= 0.3 is 0 Å². The van der Waals surface area contributed by atoms with Crippen molar-refractivity contribution in [3.05, 3.63) is 88.9 Å². The van der Waals surface area contributed by atoms with Gasteiger partial charge in [-0.1, -0.05) is 67.4 Å². The molecule has 1 heterocycles. The maximum Gasteiger partial charge on any atom is 0.243 e. The Morgan fingerprint density at radius 1 is 0.932 bits per heavy atom. The standard InChI is InChI=1S/C33H40ClN3O6S/c1-3-4-17-35-33(39)29(22-25-10-6-5-7-11-25)36(24-26-12-8-13-27(34)21-26)32(38)14-9-18-37(44(2,40)41)28-15-16-30-31(23-28)43-20-19-42-30/h5-8,10-13,15-16,21,23,29H,3-4,9,14,17-20,22,24H2,1-2H3,(H,35,39)/t29-/m0/s1. The monoisotopic (exact) mass is 641 g/mol. The van der Waals surface area contributed by atoms with E-state index in [4.69, 9.17) is 21.1 Å². The van der Waals surface area contributed by atoms with E-state index in [9.17, 15) is 18.0 Å². The first-order valence-corrected chi connectivity index (χ1v) is 17.1. The second-order valence-corrected chi connectivity index (χ2v) is 13.1. The van der Waals surface area contributed by atoms with E-state index in [0.29, 0.717) is 48.4 Å². The van der Waals surface area contributed by atoms with Gasteiger partial charge in [0.1, 0.15) is 19.3 Å². The second-order valence-electron chi connectivity index (χ2n) is 10.8. The number of benzene rings is 3. The lowest BCUT2D eigenvalue weighted by Gasteiger charge is -2.32. The molecule has 3 aromatic rings. The molecule has 3 aromatic carbocycles. The molecular weight excluding hydrogens is 602 g/mol. The predicted molar refractivity (Wildman–Crippen MR) is 173 cm³/mol. The Morgan fingerprint density at radius 3 is 2.36 bits per heavy atom. The van der Waals surface area contributed by atoms with Gasteiger partial charge in [0, 0.05) is 43.6 Å². The predicted octanol–water partition coefficient (Wildman–Crippen LogP) is 5.21. The summed E-state index contributed by atoms with van der Waals surface area (Å²) >= 11 is 6.27. The van der Waals surface area contributed by atoms with Crippen molar-refractivity contribution in [3.63, 3.8) is 0 Å². The highest BCUT2D eigenvalue weighted by molar-refractivity contribution is 7.92. The van der Waals surface area contributed by atoms with E-state index in [2.05, 4.69) is 5.32 Å². The molecule has 11 heteroatoms. The van der Waals surface area contributed by atoms with Crippen molar-refractivity contribution in [1.29, 1.82) is 0 Å². The summed E-state index contributed by atoms with van der Waals surface area (Å²) in [6.45, 7) is 3.61. The van der Waals surface area contributed by atoms with Crippen molar-refractivity contribution in [1.82, 2.24) is 10.2 Å². The van der Waals surface area contributed by atoms with Crippen LogP contribution in [-0.2, 0) is 32.6 Å². The first-order chi connectivity index (χ1) is 21.2. The number of nitrogens with zero attached hydrogens (tertiary/aromatic N) is 2. The van der Waals surface area contributed by atoms with Gasteiger partial charge in [-0.2, -0.15) is 0 Å². The Labute approximate surface area is 265 Å². The van der Waals surface area contributed by atoms with Crippen molar-refractivity contribution in [2.75, 3.05) is 36.9 Å². The minimum Gasteiger partial charge on any atom is -0.486 e. The minimum absolute atomic E-state index is 0.0324. The molecule has 1 N–H and O–H groups in total. The summed E-state index contributed by atoms with van der Waals surface area (Å²) in [5, 5.41) is 3.54. The first-order valence-electron chi connectivity index (χ1n) is 14.9. The molecule has 0 aromatic heterocycles. The number of hydrogen-bond donors (Lipinski definition) is 1.